The van der Waals surface area contributed by atoms with Gasteiger partial charge in [-0.15, -0.1) is 0 Å². The summed E-state index contributed by atoms with van der Waals surface area (Å²) in [6, 6.07) is 5.81. The lowest BCUT2D eigenvalue weighted by molar-refractivity contribution is -0.143. The molecule has 1 aromatic carbocycles. The molecule has 6 nitrogen and oxygen atoms in total. The van der Waals surface area contributed by atoms with Crippen molar-refractivity contribution in [2.24, 2.45) is 0 Å². The number of rotatable bonds is 4. The summed E-state index contributed by atoms with van der Waals surface area (Å²) in [4.78, 5) is 31.9. The van der Waals surface area contributed by atoms with Gasteiger partial charge in [0.2, 0.25) is 0 Å². The van der Waals surface area contributed by atoms with Crippen molar-refractivity contribution in [1.82, 2.24) is 9.88 Å². The van der Waals surface area contributed by atoms with Crippen LogP contribution in [-0.2, 0) is 21.9 Å². The SMILES string of the molecule is O=C(OCC(=O)N1CCN(c2ccccn2)CC1)c1cc(C(F)(F)F)cc(C(F)(F)F)c1. The van der Waals surface area contributed by atoms with Gasteiger partial charge in [-0.25, -0.2) is 9.78 Å². The average Bonchev–Trinajstić information content (AvgIpc) is 2.76. The van der Waals surface area contributed by atoms with Crippen LogP contribution >= 0.6 is 0 Å². The highest BCUT2D eigenvalue weighted by molar-refractivity contribution is 5.91. The van der Waals surface area contributed by atoms with E-state index in [4.69, 9.17) is 4.74 Å². The number of benzene rings is 1. The number of alkyl halides is 6. The molecule has 0 saturated carbocycles. The second-order valence-electron chi connectivity index (χ2n) is 6.93. The molecule has 12 heteroatoms. The van der Waals surface area contributed by atoms with E-state index in [1.54, 1.807) is 12.3 Å². The number of carbonyl (C=O) groups is 2. The van der Waals surface area contributed by atoms with Crippen LogP contribution < -0.4 is 4.90 Å². The van der Waals surface area contributed by atoms with Gasteiger partial charge < -0.3 is 14.5 Å². The van der Waals surface area contributed by atoms with Crippen molar-refractivity contribution in [1.29, 1.82) is 0 Å². The molecule has 2 heterocycles. The minimum absolute atomic E-state index is 0.0942. The van der Waals surface area contributed by atoms with E-state index in [9.17, 15) is 35.9 Å². The smallest absolute Gasteiger partial charge is 0.416 e. The van der Waals surface area contributed by atoms with Crippen molar-refractivity contribution in [3.05, 3.63) is 59.3 Å². The zero-order valence-corrected chi connectivity index (χ0v) is 16.4. The van der Waals surface area contributed by atoms with Crippen LogP contribution in [0.3, 0.4) is 0 Å². The fourth-order valence-corrected chi connectivity index (χ4v) is 3.10. The van der Waals surface area contributed by atoms with Crippen LogP contribution in [0.25, 0.3) is 0 Å². The summed E-state index contributed by atoms with van der Waals surface area (Å²) in [5, 5.41) is 0. The molecule has 1 saturated heterocycles. The second kappa shape index (κ2) is 9.05. The van der Waals surface area contributed by atoms with E-state index in [0.717, 1.165) is 5.82 Å². The fourth-order valence-electron chi connectivity index (χ4n) is 3.10. The van der Waals surface area contributed by atoms with Gasteiger partial charge in [-0.05, 0) is 30.3 Å². The van der Waals surface area contributed by atoms with Crippen molar-refractivity contribution in [2.75, 3.05) is 37.7 Å². The van der Waals surface area contributed by atoms with Crippen molar-refractivity contribution < 1.29 is 40.7 Å². The predicted octanol–water partition coefficient (Wildman–Crippen LogP) is 3.62. The highest BCUT2D eigenvalue weighted by Gasteiger charge is 2.37. The molecule has 0 unspecified atom stereocenters. The van der Waals surface area contributed by atoms with Gasteiger partial charge in [0.1, 0.15) is 5.82 Å². The predicted molar refractivity (Wildman–Crippen MR) is 99.8 cm³/mol. The number of pyridine rings is 1. The van der Waals surface area contributed by atoms with Crippen LogP contribution in [-0.4, -0.2) is 54.5 Å². The Bertz CT molecular complexity index is 939. The van der Waals surface area contributed by atoms with Gasteiger partial charge in [0.15, 0.2) is 6.61 Å². The largest absolute Gasteiger partial charge is 0.452 e. The Kier molecular flexibility index (Phi) is 6.60. The molecule has 0 bridgehead atoms. The van der Waals surface area contributed by atoms with Gasteiger partial charge in [0, 0.05) is 32.4 Å². The third-order valence-corrected chi connectivity index (χ3v) is 4.76. The van der Waals surface area contributed by atoms with Crippen molar-refractivity contribution >= 4 is 17.7 Å². The zero-order chi connectivity index (χ0) is 23.5. The highest BCUT2D eigenvalue weighted by Crippen LogP contribution is 2.36. The van der Waals surface area contributed by atoms with Crippen LogP contribution in [0.15, 0.2) is 42.6 Å². The number of ether oxygens (including phenoxy) is 1. The summed E-state index contributed by atoms with van der Waals surface area (Å²) in [5.74, 6) is -1.33. The normalized spacial score (nSPS) is 14.9. The number of piperazine rings is 1. The van der Waals surface area contributed by atoms with E-state index in [-0.39, 0.29) is 31.3 Å². The van der Waals surface area contributed by atoms with Crippen LogP contribution in [0, 0.1) is 0 Å². The first kappa shape index (κ1) is 23.4. The Labute approximate surface area is 178 Å². The Morgan fingerprint density at radius 1 is 0.906 bits per heavy atom. The quantitative estimate of drug-likeness (QED) is 0.514. The van der Waals surface area contributed by atoms with Crippen LogP contribution in [0.4, 0.5) is 32.2 Å². The second-order valence-corrected chi connectivity index (χ2v) is 6.93. The van der Waals surface area contributed by atoms with E-state index in [2.05, 4.69) is 4.98 Å². The van der Waals surface area contributed by atoms with Crippen LogP contribution in [0.2, 0.25) is 0 Å². The minimum atomic E-state index is -5.10. The number of amides is 1. The molecule has 1 fully saturated rings. The summed E-state index contributed by atoms with van der Waals surface area (Å²) >= 11 is 0. The number of carbonyl (C=O) groups excluding carboxylic acids is 2. The number of halogens is 6. The Hall–Kier alpha value is -3.31. The number of anilines is 1. The molecule has 32 heavy (non-hydrogen) atoms. The third kappa shape index (κ3) is 5.68. The van der Waals surface area contributed by atoms with E-state index >= 15 is 0 Å². The molecule has 0 atom stereocenters. The number of aromatic nitrogens is 1. The lowest BCUT2D eigenvalue weighted by Crippen LogP contribution is -2.50. The van der Waals surface area contributed by atoms with Gasteiger partial charge in [-0.1, -0.05) is 6.07 Å². The number of esters is 1. The maximum Gasteiger partial charge on any atom is 0.416 e. The molecular formula is C20H17F6N3O3. The molecule has 1 aliphatic heterocycles. The topological polar surface area (TPSA) is 62.7 Å². The first-order valence-corrected chi connectivity index (χ1v) is 9.35. The van der Waals surface area contributed by atoms with Crippen LogP contribution in [0.5, 0.6) is 0 Å². The van der Waals surface area contributed by atoms with E-state index < -0.39 is 47.5 Å². The molecule has 1 amide bonds. The van der Waals surface area contributed by atoms with Gasteiger partial charge in [0.25, 0.3) is 5.91 Å². The monoisotopic (exact) mass is 461 g/mol. The number of hydrogen-bond acceptors (Lipinski definition) is 5. The molecule has 0 aliphatic carbocycles. The average molecular weight is 461 g/mol. The van der Waals surface area contributed by atoms with Gasteiger partial charge in [-0.3, -0.25) is 4.79 Å². The number of hydrogen-bond donors (Lipinski definition) is 0. The lowest BCUT2D eigenvalue weighted by atomic mass is 10.0. The molecule has 0 radical (unpaired) electrons. The maximum atomic E-state index is 12.9. The van der Waals surface area contributed by atoms with Crippen molar-refractivity contribution in [2.45, 2.75) is 12.4 Å². The summed E-state index contributed by atoms with van der Waals surface area (Å²) < 4.78 is 82.2. The van der Waals surface area contributed by atoms with E-state index in [1.807, 2.05) is 17.0 Å². The van der Waals surface area contributed by atoms with Gasteiger partial charge in [-0.2, -0.15) is 26.3 Å². The number of nitrogens with zero attached hydrogens (tertiary/aromatic N) is 3. The van der Waals surface area contributed by atoms with E-state index in [1.165, 1.54) is 4.90 Å². The molecule has 3 rings (SSSR count). The fraction of sp³-hybridized carbons (Fsp3) is 0.350. The minimum Gasteiger partial charge on any atom is -0.452 e. The first-order chi connectivity index (χ1) is 14.9. The molecular weight excluding hydrogens is 444 g/mol. The molecule has 0 N–H and O–H groups in total. The van der Waals surface area contributed by atoms with Crippen molar-refractivity contribution in [3.63, 3.8) is 0 Å². The van der Waals surface area contributed by atoms with E-state index in [0.29, 0.717) is 13.1 Å². The maximum absolute atomic E-state index is 12.9. The third-order valence-electron chi connectivity index (χ3n) is 4.76. The standard InChI is InChI=1S/C20H17F6N3O3/c21-19(22,23)14-9-13(10-15(11-14)20(24,25)26)18(31)32-12-17(30)29-7-5-28(6-8-29)16-3-1-2-4-27-16/h1-4,9-11H,5-8,12H2. The Balaban J connectivity index is 1.61. The van der Waals surface area contributed by atoms with Crippen LogP contribution in [0.1, 0.15) is 21.5 Å². The first-order valence-electron chi connectivity index (χ1n) is 9.35. The molecule has 172 valence electrons. The summed E-state index contributed by atoms with van der Waals surface area (Å²) in [6.45, 7) is 0.683. The Morgan fingerprint density at radius 2 is 1.50 bits per heavy atom. The molecule has 1 aromatic heterocycles. The Morgan fingerprint density at radius 3 is 2.00 bits per heavy atom. The highest BCUT2D eigenvalue weighted by atomic mass is 19.4. The summed E-state index contributed by atoms with van der Waals surface area (Å²) in [6.07, 6.45) is -8.57. The zero-order valence-electron chi connectivity index (χ0n) is 16.4. The summed E-state index contributed by atoms with van der Waals surface area (Å²) in [7, 11) is 0. The molecule has 2 aromatic rings. The van der Waals surface area contributed by atoms with Crippen molar-refractivity contribution in [3.8, 4) is 0 Å². The lowest BCUT2D eigenvalue weighted by Gasteiger charge is -2.35. The molecule has 0 spiro atoms. The van der Waals surface area contributed by atoms with Gasteiger partial charge >= 0.3 is 18.3 Å². The molecule has 1 aliphatic rings. The van der Waals surface area contributed by atoms with Gasteiger partial charge in [0.05, 0.1) is 16.7 Å². The summed E-state index contributed by atoms with van der Waals surface area (Å²) in [5.41, 5.74) is -4.23.